The van der Waals surface area contributed by atoms with Gasteiger partial charge in [0.1, 0.15) is 5.65 Å². The Morgan fingerprint density at radius 3 is 2.88 bits per heavy atom. The van der Waals surface area contributed by atoms with Crippen LogP contribution in [0.25, 0.3) is 11.3 Å². The smallest absolute Gasteiger partial charge is 0.254 e. The summed E-state index contributed by atoms with van der Waals surface area (Å²) in [5.41, 5.74) is 3.05. The Bertz CT molecular complexity index is 1160. The molecule has 4 aromatic rings. The van der Waals surface area contributed by atoms with Crippen LogP contribution in [0, 0.1) is 0 Å². The molecular weight excluding hydrogens is 352 g/mol. The Morgan fingerprint density at radius 1 is 1.31 bits per heavy atom. The second kappa shape index (κ2) is 6.17. The van der Waals surface area contributed by atoms with E-state index in [9.17, 15) is 9.90 Å². The van der Waals surface area contributed by atoms with Crippen molar-refractivity contribution < 1.29 is 5.11 Å². The molecule has 26 heavy (non-hydrogen) atoms. The maximum Gasteiger partial charge on any atom is 0.254 e. The summed E-state index contributed by atoms with van der Waals surface area (Å²) in [5.74, 6) is 0.137. The SMILES string of the molecule is CC(C)c1cn2nc(CC(S)c3nc4ccnn4cc3O)cc2[nH]c1=O. The summed E-state index contributed by atoms with van der Waals surface area (Å²) >= 11 is 4.59. The fourth-order valence-electron chi connectivity index (χ4n) is 2.92. The van der Waals surface area contributed by atoms with Crippen molar-refractivity contribution in [3.63, 3.8) is 0 Å². The van der Waals surface area contributed by atoms with Crippen molar-refractivity contribution in [2.75, 3.05) is 0 Å². The normalized spacial score (nSPS) is 13.1. The van der Waals surface area contributed by atoms with Crippen LogP contribution in [0.3, 0.4) is 0 Å². The summed E-state index contributed by atoms with van der Waals surface area (Å²) in [6.07, 6.45) is 5.33. The number of hydrogen-bond donors (Lipinski definition) is 3. The molecule has 0 radical (unpaired) electrons. The van der Waals surface area contributed by atoms with Gasteiger partial charge in [-0.3, -0.25) is 4.79 Å². The zero-order valence-electron chi connectivity index (χ0n) is 14.3. The fourth-order valence-corrected chi connectivity index (χ4v) is 3.30. The van der Waals surface area contributed by atoms with Gasteiger partial charge in [0.25, 0.3) is 5.56 Å². The molecule has 0 fully saturated rings. The van der Waals surface area contributed by atoms with Gasteiger partial charge in [-0.1, -0.05) is 13.8 Å². The molecule has 4 aromatic heterocycles. The highest BCUT2D eigenvalue weighted by molar-refractivity contribution is 7.80. The summed E-state index contributed by atoms with van der Waals surface area (Å²) < 4.78 is 3.17. The van der Waals surface area contributed by atoms with Crippen molar-refractivity contribution in [2.24, 2.45) is 0 Å². The fraction of sp³-hybridized carbons (Fsp3) is 0.294. The van der Waals surface area contributed by atoms with E-state index in [1.165, 1.54) is 10.7 Å². The van der Waals surface area contributed by atoms with Gasteiger partial charge in [0.2, 0.25) is 0 Å². The minimum Gasteiger partial charge on any atom is -0.504 e. The quantitative estimate of drug-likeness (QED) is 0.478. The lowest BCUT2D eigenvalue weighted by atomic mass is 10.1. The highest BCUT2D eigenvalue weighted by Crippen LogP contribution is 2.30. The zero-order valence-corrected chi connectivity index (χ0v) is 15.2. The first kappa shape index (κ1) is 16.6. The molecule has 0 spiro atoms. The van der Waals surface area contributed by atoms with Crippen molar-refractivity contribution in [3.05, 3.63) is 58.0 Å². The average molecular weight is 370 g/mol. The monoisotopic (exact) mass is 370 g/mol. The van der Waals surface area contributed by atoms with E-state index in [0.29, 0.717) is 29.0 Å². The lowest BCUT2D eigenvalue weighted by Gasteiger charge is -2.10. The van der Waals surface area contributed by atoms with E-state index < -0.39 is 0 Å². The van der Waals surface area contributed by atoms with Crippen LogP contribution in [-0.2, 0) is 6.42 Å². The number of rotatable bonds is 4. The first-order chi connectivity index (χ1) is 12.4. The Hall–Kier alpha value is -2.81. The van der Waals surface area contributed by atoms with E-state index in [0.717, 1.165) is 5.69 Å². The Kier molecular flexibility index (Phi) is 3.95. The summed E-state index contributed by atoms with van der Waals surface area (Å²) in [6, 6.07) is 3.57. The predicted molar refractivity (Wildman–Crippen MR) is 100.0 cm³/mol. The summed E-state index contributed by atoms with van der Waals surface area (Å²) in [7, 11) is 0. The van der Waals surface area contributed by atoms with Crippen molar-refractivity contribution in [3.8, 4) is 5.75 Å². The van der Waals surface area contributed by atoms with Gasteiger partial charge in [-0.2, -0.15) is 22.8 Å². The molecule has 0 aliphatic rings. The van der Waals surface area contributed by atoms with E-state index in [1.807, 2.05) is 19.9 Å². The Morgan fingerprint density at radius 2 is 2.12 bits per heavy atom. The number of H-pyrrole nitrogens is 1. The molecule has 0 aromatic carbocycles. The Labute approximate surface area is 153 Å². The van der Waals surface area contributed by atoms with Crippen molar-refractivity contribution >= 4 is 23.9 Å². The van der Waals surface area contributed by atoms with Gasteiger partial charge >= 0.3 is 0 Å². The first-order valence-electron chi connectivity index (χ1n) is 8.25. The number of hydrogen-bond acceptors (Lipinski definition) is 6. The number of nitrogens with one attached hydrogen (secondary N) is 1. The molecule has 0 bridgehead atoms. The molecule has 0 aliphatic heterocycles. The standard InChI is InChI=1S/C17H18N6O2S/c1-9(2)11-7-23-15(20-17(11)25)6-10(21-23)5-13(26)16-12(24)8-22-14(19-16)3-4-18-22/h3-4,6-9,13,24,26H,5H2,1-2H3,(H,20,25). The van der Waals surface area contributed by atoms with E-state index in [-0.39, 0.29) is 22.5 Å². The van der Waals surface area contributed by atoms with Crippen LogP contribution in [0.4, 0.5) is 0 Å². The molecule has 9 heteroatoms. The average Bonchev–Trinajstić information content (AvgIpc) is 3.18. The topological polar surface area (TPSA) is 101 Å². The highest BCUT2D eigenvalue weighted by atomic mass is 32.1. The zero-order chi connectivity index (χ0) is 18.4. The third-order valence-corrected chi connectivity index (χ3v) is 4.71. The van der Waals surface area contributed by atoms with E-state index in [4.69, 9.17) is 0 Å². The van der Waals surface area contributed by atoms with Crippen LogP contribution in [0.1, 0.15) is 42.0 Å². The molecule has 4 heterocycles. The van der Waals surface area contributed by atoms with Gasteiger partial charge in [-0.15, -0.1) is 0 Å². The Balaban J connectivity index is 1.67. The number of aromatic amines is 1. The molecule has 134 valence electrons. The highest BCUT2D eigenvalue weighted by Gasteiger charge is 2.18. The van der Waals surface area contributed by atoms with Crippen LogP contribution in [0.2, 0.25) is 0 Å². The van der Waals surface area contributed by atoms with Crippen molar-refractivity contribution in [1.29, 1.82) is 0 Å². The third kappa shape index (κ3) is 2.84. The minimum absolute atomic E-state index is 0.0282. The maximum atomic E-state index is 12.1. The maximum absolute atomic E-state index is 12.1. The number of fused-ring (bicyclic) bond motifs is 2. The third-order valence-electron chi connectivity index (χ3n) is 4.28. The summed E-state index contributed by atoms with van der Waals surface area (Å²) in [4.78, 5) is 19.4. The number of aromatic nitrogens is 6. The molecule has 1 atom stereocenters. The number of thiol groups is 1. The van der Waals surface area contributed by atoms with E-state index in [2.05, 4.69) is 32.8 Å². The summed E-state index contributed by atoms with van der Waals surface area (Å²) in [6.45, 7) is 3.93. The van der Waals surface area contributed by atoms with E-state index >= 15 is 0 Å². The van der Waals surface area contributed by atoms with Gasteiger partial charge in [0, 0.05) is 30.3 Å². The van der Waals surface area contributed by atoms with Gasteiger partial charge in [-0.25, -0.2) is 14.0 Å². The molecule has 0 amide bonds. The van der Waals surface area contributed by atoms with Gasteiger partial charge in [0.05, 0.1) is 29.0 Å². The second-order valence-corrected chi connectivity index (χ2v) is 7.15. The van der Waals surface area contributed by atoms with Crippen molar-refractivity contribution in [2.45, 2.75) is 31.4 Å². The lowest BCUT2D eigenvalue weighted by molar-refractivity contribution is 0.458. The molecule has 1 unspecified atom stereocenters. The molecule has 0 saturated carbocycles. The van der Waals surface area contributed by atoms with Crippen LogP contribution in [0.5, 0.6) is 5.75 Å². The van der Waals surface area contributed by atoms with Crippen LogP contribution in [-0.4, -0.2) is 34.3 Å². The molecule has 0 saturated heterocycles. The molecular formula is C17H18N6O2S. The first-order valence-corrected chi connectivity index (χ1v) is 8.77. The van der Waals surface area contributed by atoms with Gasteiger partial charge in [0.15, 0.2) is 11.4 Å². The second-order valence-electron chi connectivity index (χ2n) is 6.52. The summed E-state index contributed by atoms with van der Waals surface area (Å²) in [5, 5.41) is 18.4. The number of nitrogens with zero attached hydrogens (tertiary/aromatic N) is 5. The predicted octanol–water partition coefficient (Wildman–Crippen LogP) is 2.11. The molecule has 0 aliphatic carbocycles. The largest absolute Gasteiger partial charge is 0.504 e. The van der Waals surface area contributed by atoms with Crippen LogP contribution >= 0.6 is 12.6 Å². The molecule has 8 nitrogen and oxygen atoms in total. The number of aromatic hydroxyl groups is 1. The molecule has 4 rings (SSSR count). The van der Waals surface area contributed by atoms with E-state index in [1.54, 1.807) is 23.0 Å². The lowest BCUT2D eigenvalue weighted by Crippen LogP contribution is -2.15. The van der Waals surface area contributed by atoms with Crippen LogP contribution in [0.15, 0.2) is 35.5 Å². The van der Waals surface area contributed by atoms with Gasteiger partial charge in [-0.05, 0) is 5.92 Å². The molecule has 2 N–H and O–H groups in total. The van der Waals surface area contributed by atoms with Crippen LogP contribution < -0.4 is 5.56 Å². The minimum atomic E-state index is -0.351. The van der Waals surface area contributed by atoms with Crippen molar-refractivity contribution in [1.82, 2.24) is 29.2 Å². The van der Waals surface area contributed by atoms with Gasteiger partial charge < -0.3 is 10.1 Å².